The number of rotatable bonds is 6. The molecule has 0 spiro atoms. The molecule has 0 aliphatic carbocycles. The highest BCUT2D eigenvalue weighted by Gasteiger charge is 2.06. The Hall–Kier alpha value is -4.12. The first-order valence-electron chi connectivity index (χ1n) is 10.6. The van der Waals surface area contributed by atoms with E-state index in [1.54, 1.807) is 70.4 Å². The number of aromatic hydroxyl groups is 1. The monoisotopic (exact) mass is 624 g/mol. The van der Waals surface area contributed by atoms with Crippen molar-refractivity contribution in [1.82, 2.24) is 19.6 Å². The predicted octanol–water partition coefficient (Wildman–Crippen LogP) is 6.34. The van der Waals surface area contributed by atoms with Crippen LogP contribution in [0.3, 0.4) is 0 Å². The summed E-state index contributed by atoms with van der Waals surface area (Å²) in [5, 5.41) is 36.0. The minimum absolute atomic E-state index is 0.0273. The summed E-state index contributed by atoms with van der Waals surface area (Å²) in [6.07, 6.45) is 10.4. The highest BCUT2D eigenvalue weighted by atomic mass is 79.9. The molecule has 0 saturated carbocycles. The number of hydrogen-bond donors (Lipinski definition) is 1. The Labute approximate surface area is 233 Å². The van der Waals surface area contributed by atoms with E-state index in [1.807, 2.05) is 30.2 Å². The Morgan fingerprint density at radius 3 is 1.84 bits per heavy atom. The SMILES string of the molecule is C=CCBr.C=CCOc1cc(-n2cccn2)ccc1C#N.CBr.N#Cc1ccc(-n2cccn2)cc1O. The minimum atomic E-state index is -0.0273. The molecule has 190 valence electrons. The Balaban J connectivity index is 0.000000309. The van der Waals surface area contributed by atoms with Gasteiger partial charge in [0.2, 0.25) is 0 Å². The van der Waals surface area contributed by atoms with Gasteiger partial charge in [-0.15, -0.1) is 6.58 Å². The molecule has 4 rings (SSSR count). The van der Waals surface area contributed by atoms with Crippen LogP contribution in [0.2, 0.25) is 0 Å². The number of halogens is 2. The van der Waals surface area contributed by atoms with Crippen molar-refractivity contribution in [2.45, 2.75) is 0 Å². The maximum atomic E-state index is 9.43. The molecule has 0 radical (unpaired) electrons. The van der Waals surface area contributed by atoms with E-state index in [4.69, 9.17) is 15.3 Å². The molecule has 0 atom stereocenters. The lowest BCUT2D eigenvalue weighted by atomic mass is 10.2. The number of aromatic nitrogens is 4. The van der Waals surface area contributed by atoms with Gasteiger partial charge in [0.05, 0.1) is 22.5 Å². The summed E-state index contributed by atoms with van der Waals surface area (Å²) in [5.41, 5.74) is 2.35. The number of nitriles is 2. The minimum Gasteiger partial charge on any atom is -0.506 e. The molecule has 4 aromatic rings. The first-order chi connectivity index (χ1) is 18.1. The predicted molar refractivity (Wildman–Crippen MR) is 153 cm³/mol. The zero-order valence-corrected chi connectivity index (χ0v) is 23.4. The number of hydrogen-bond acceptors (Lipinski definition) is 6. The molecule has 2 aromatic heterocycles. The van der Waals surface area contributed by atoms with Gasteiger partial charge in [-0.05, 0) is 42.2 Å². The highest BCUT2D eigenvalue weighted by molar-refractivity contribution is 9.09. The van der Waals surface area contributed by atoms with Gasteiger partial charge in [-0.25, -0.2) is 9.36 Å². The van der Waals surface area contributed by atoms with E-state index in [1.165, 1.54) is 6.07 Å². The van der Waals surface area contributed by atoms with E-state index in [9.17, 15) is 5.11 Å². The Kier molecular flexibility index (Phi) is 15.2. The molecule has 0 fully saturated rings. The number of phenols is 1. The summed E-state index contributed by atoms with van der Waals surface area (Å²) in [6, 6.07) is 17.7. The first-order valence-corrected chi connectivity index (χ1v) is 13.3. The molecule has 0 saturated heterocycles. The van der Waals surface area contributed by atoms with Gasteiger partial charge < -0.3 is 9.84 Å². The van der Waals surface area contributed by atoms with Crippen molar-refractivity contribution in [3.05, 3.63) is 110 Å². The smallest absolute Gasteiger partial charge is 0.139 e. The average Bonchev–Trinajstić information content (AvgIpc) is 3.69. The largest absolute Gasteiger partial charge is 0.506 e. The lowest BCUT2D eigenvalue weighted by molar-refractivity contribution is 0.362. The molecule has 1 N–H and O–H groups in total. The molecule has 0 unspecified atom stereocenters. The zero-order valence-electron chi connectivity index (χ0n) is 20.2. The fourth-order valence-electron chi connectivity index (χ4n) is 2.61. The third kappa shape index (κ3) is 10.2. The van der Waals surface area contributed by atoms with Crippen LogP contribution in [0.25, 0.3) is 11.4 Å². The van der Waals surface area contributed by atoms with E-state index in [0.717, 1.165) is 16.7 Å². The first kappa shape index (κ1) is 30.9. The lowest BCUT2D eigenvalue weighted by Crippen LogP contribution is -1.99. The van der Waals surface area contributed by atoms with Gasteiger partial charge in [-0.3, -0.25) is 0 Å². The normalized spacial score (nSPS) is 8.89. The summed E-state index contributed by atoms with van der Waals surface area (Å²) in [5.74, 6) is 2.33. The summed E-state index contributed by atoms with van der Waals surface area (Å²) < 4.78 is 8.76. The maximum absolute atomic E-state index is 9.43. The fourth-order valence-corrected chi connectivity index (χ4v) is 2.61. The third-order valence-electron chi connectivity index (χ3n) is 4.19. The molecule has 2 aromatic carbocycles. The van der Waals surface area contributed by atoms with Crippen molar-refractivity contribution >= 4 is 31.9 Å². The van der Waals surface area contributed by atoms with Crippen LogP contribution in [0.4, 0.5) is 0 Å². The number of alkyl halides is 2. The van der Waals surface area contributed by atoms with E-state index in [-0.39, 0.29) is 11.3 Å². The van der Waals surface area contributed by atoms with Gasteiger partial charge in [0.15, 0.2) is 0 Å². The summed E-state index contributed by atoms with van der Waals surface area (Å²) in [6.45, 7) is 7.38. The van der Waals surface area contributed by atoms with Gasteiger partial charge in [-0.2, -0.15) is 20.7 Å². The van der Waals surface area contributed by atoms with Crippen molar-refractivity contribution in [3.63, 3.8) is 0 Å². The van der Waals surface area contributed by atoms with Gasteiger partial charge in [0.25, 0.3) is 0 Å². The zero-order chi connectivity index (χ0) is 27.5. The molecule has 8 nitrogen and oxygen atoms in total. The number of phenolic OH excluding ortho intramolecular Hbond substituents is 1. The Bertz CT molecular complexity index is 1310. The summed E-state index contributed by atoms with van der Waals surface area (Å²) in [7, 11) is 0. The van der Waals surface area contributed by atoms with E-state index in [2.05, 4.69) is 61.3 Å². The molecule has 37 heavy (non-hydrogen) atoms. The Morgan fingerprint density at radius 2 is 1.43 bits per heavy atom. The van der Waals surface area contributed by atoms with E-state index in [0.29, 0.717) is 17.9 Å². The van der Waals surface area contributed by atoms with Crippen molar-refractivity contribution in [2.24, 2.45) is 0 Å². The van der Waals surface area contributed by atoms with Crippen molar-refractivity contribution in [1.29, 1.82) is 10.5 Å². The van der Waals surface area contributed by atoms with E-state index < -0.39 is 0 Å². The van der Waals surface area contributed by atoms with Crippen molar-refractivity contribution < 1.29 is 9.84 Å². The fraction of sp³-hybridized carbons (Fsp3) is 0.111. The molecule has 2 heterocycles. The maximum Gasteiger partial charge on any atom is 0.139 e. The van der Waals surface area contributed by atoms with Crippen molar-refractivity contribution in [3.8, 4) is 35.0 Å². The van der Waals surface area contributed by atoms with Gasteiger partial charge >= 0.3 is 0 Å². The molecular weight excluding hydrogens is 600 g/mol. The van der Waals surface area contributed by atoms with Crippen LogP contribution in [0, 0.1) is 22.7 Å². The van der Waals surface area contributed by atoms with Crippen LogP contribution in [0.1, 0.15) is 11.1 Å². The molecule has 0 aliphatic heterocycles. The van der Waals surface area contributed by atoms with Gasteiger partial charge in [0, 0.05) is 42.3 Å². The van der Waals surface area contributed by atoms with Crippen LogP contribution in [0.5, 0.6) is 11.5 Å². The van der Waals surface area contributed by atoms with Crippen LogP contribution < -0.4 is 4.74 Å². The molecular formula is C27H26Br2N6O2. The summed E-state index contributed by atoms with van der Waals surface area (Å²) >= 11 is 6.07. The topological polar surface area (TPSA) is 113 Å². The summed E-state index contributed by atoms with van der Waals surface area (Å²) in [4.78, 5) is 0. The quantitative estimate of drug-likeness (QED) is 0.198. The second-order valence-electron chi connectivity index (χ2n) is 6.55. The van der Waals surface area contributed by atoms with Crippen LogP contribution in [0.15, 0.2) is 98.6 Å². The van der Waals surface area contributed by atoms with Gasteiger partial charge in [0.1, 0.15) is 30.2 Å². The van der Waals surface area contributed by atoms with Crippen LogP contribution >= 0.6 is 31.9 Å². The highest BCUT2D eigenvalue weighted by Crippen LogP contribution is 2.22. The van der Waals surface area contributed by atoms with Gasteiger partial charge in [-0.1, -0.05) is 50.6 Å². The standard InChI is InChI=1S/C13H11N3O.C10H7N3O.C3H5Br.CH3Br/c1-2-8-17-13-9-12(5-4-11(13)10-14)16-7-3-6-15-16;11-7-8-2-3-9(6-10(8)14)13-5-1-4-12-13;1-2-3-4;1-2/h2-7,9H,1,8H2;1-6,14H;2H,1,3H2;1H3. The third-order valence-corrected chi connectivity index (χ3v) is 4.65. The molecule has 0 bridgehead atoms. The van der Waals surface area contributed by atoms with Crippen LogP contribution in [-0.4, -0.2) is 42.4 Å². The lowest BCUT2D eigenvalue weighted by Gasteiger charge is -2.08. The Morgan fingerprint density at radius 1 is 0.919 bits per heavy atom. The number of allylic oxidation sites excluding steroid dienone is 1. The molecule has 0 aliphatic rings. The number of benzene rings is 2. The van der Waals surface area contributed by atoms with E-state index >= 15 is 0 Å². The second kappa shape index (κ2) is 18.2. The van der Waals surface area contributed by atoms with Crippen molar-refractivity contribution in [2.75, 3.05) is 17.8 Å². The second-order valence-corrected chi connectivity index (χ2v) is 7.20. The molecule has 0 amide bonds. The number of nitrogens with zero attached hydrogens (tertiary/aromatic N) is 6. The molecule has 10 heteroatoms. The van der Waals surface area contributed by atoms with Crippen LogP contribution in [-0.2, 0) is 0 Å². The average molecular weight is 626 g/mol. The number of ether oxygens (including phenoxy) is 1.